The number of rotatable bonds is 3. The van der Waals surface area contributed by atoms with E-state index in [1.165, 1.54) is 0 Å². The predicted octanol–water partition coefficient (Wildman–Crippen LogP) is 2.59. The van der Waals surface area contributed by atoms with E-state index in [4.69, 9.17) is 0 Å². The number of hydrogen-bond acceptors (Lipinski definition) is 5. The Balaban J connectivity index is 1.64. The van der Waals surface area contributed by atoms with Crippen LogP contribution < -0.4 is 4.90 Å². The van der Waals surface area contributed by atoms with Crippen molar-refractivity contribution in [2.45, 2.75) is 19.8 Å². The molecule has 1 saturated heterocycles. The third-order valence-corrected chi connectivity index (χ3v) is 4.08. The van der Waals surface area contributed by atoms with Crippen LogP contribution >= 0.6 is 0 Å². The Morgan fingerprint density at radius 1 is 1.18 bits per heavy atom. The summed E-state index contributed by atoms with van der Waals surface area (Å²) >= 11 is 0. The molecule has 1 aliphatic rings. The van der Waals surface area contributed by atoms with Gasteiger partial charge in [0.2, 0.25) is 5.95 Å². The molecule has 0 radical (unpaired) electrons. The molecule has 5 nitrogen and oxygen atoms in total. The van der Waals surface area contributed by atoms with Crippen molar-refractivity contribution in [2.75, 3.05) is 18.0 Å². The van der Waals surface area contributed by atoms with Crippen molar-refractivity contribution >= 4 is 11.7 Å². The minimum atomic E-state index is 0.0330. The van der Waals surface area contributed by atoms with E-state index in [0.717, 1.165) is 37.6 Å². The van der Waals surface area contributed by atoms with Crippen molar-refractivity contribution in [1.29, 1.82) is 0 Å². The molecule has 1 aromatic carbocycles. The first-order valence-electron chi connectivity index (χ1n) is 7.51. The van der Waals surface area contributed by atoms with Gasteiger partial charge in [0, 0.05) is 36.5 Å². The van der Waals surface area contributed by atoms with E-state index in [1.807, 2.05) is 13.0 Å². The van der Waals surface area contributed by atoms with Gasteiger partial charge in [-0.1, -0.05) is 0 Å². The summed E-state index contributed by atoms with van der Waals surface area (Å²) in [6.07, 6.45) is 3.37. The van der Waals surface area contributed by atoms with Gasteiger partial charge in [0.05, 0.1) is 0 Å². The lowest BCUT2D eigenvalue weighted by atomic mass is 9.89. The third-order valence-electron chi connectivity index (χ3n) is 4.08. The van der Waals surface area contributed by atoms with E-state index < -0.39 is 0 Å². The van der Waals surface area contributed by atoms with Crippen LogP contribution in [-0.2, 0) is 0 Å². The number of nitrogens with zero attached hydrogens (tertiary/aromatic N) is 3. The van der Waals surface area contributed by atoms with Crippen LogP contribution in [0.3, 0.4) is 0 Å². The number of hydrogen-bond donors (Lipinski definition) is 1. The van der Waals surface area contributed by atoms with Crippen LogP contribution in [-0.4, -0.2) is 33.9 Å². The van der Waals surface area contributed by atoms with Crippen LogP contribution in [0.2, 0.25) is 0 Å². The first kappa shape index (κ1) is 14.5. The number of aromatic nitrogens is 2. The lowest BCUT2D eigenvalue weighted by Gasteiger charge is -2.31. The van der Waals surface area contributed by atoms with Gasteiger partial charge in [-0.2, -0.15) is 0 Å². The predicted molar refractivity (Wildman–Crippen MR) is 84.1 cm³/mol. The summed E-state index contributed by atoms with van der Waals surface area (Å²) in [5.74, 6) is 1.12. The Bertz CT molecular complexity index is 662. The smallest absolute Gasteiger partial charge is 0.225 e. The standard InChI is InChI=1S/C17H19N3O2/c1-12-6-9-18-17(19-12)20-10-7-14(8-11-20)16(22)13-2-4-15(21)5-3-13/h2-6,9,14,21H,7-8,10-11H2,1H3. The van der Waals surface area contributed by atoms with Crippen LogP contribution in [0.5, 0.6) is 5.75 Å². The number of phenols is 1. The molecule has 3 rings (SSSR count). The Morgan fingerprint density at radius 3 is 2.50 bits per heavy atom. The molecule has 5 heteroatoms. The Labute approximate surface area is 129 Å². The van der Waals surface area contributed by atoms with Crippen LogP contribution in [0.1, 0.15) is 28.9 Å². The molecule has 0 aliphatic carbocycles. The van der Waals surface area contributed by atoms with Crippen molar-refractivity contribution in [2.24, 2.45) is 5.92 Å². The van der Waals surface area contributed by atoms with Crippen molar-refractivity contribution in [3.05, 3.63) is 47.8 Å². The zero-order valence-corrected chi connectivity index (χ0v) is 12.6. The quantitative estimate of drug-likeness (QED) is 0.882. The summed E-state index contributed by atoms with van der Waals surface area (Å²) in [6.45, 7) is 3.53. The fourth-order valence-corrected chi connectivity index (χ4v) is 2.79. The van der Waals surface area contributed by atoms with E-state index >= 15 is 0 Å². The second-order valence-corrected chi connectivity index (χ2v) is 5.67. The molecule has 2 heterocycles. The second kappa shape index (κ2) is 6.13. The number of ketones is 1. The molecule has 22 heavy (non-hydrogen) atoms. The molecular formula is C17H19N3O2. The molecule has 0 spiro atoms. The summed E-state index contributed by atoms with van der Waals surface area (Å²) < 4.78 is 0. The minimum absolute atomic E-state index is 0.0330. The van der Waals surface area contributed by atoms with Gasteiger partial charge in [0.25, 0.3) is 0 Å². The first-order valence-corrected chi connectivity index (χ1v) is 7.51. The minimum Gasteiger partial charge on any atom is -0.508 e. The van der Waals surface area contributed by atoms with E-state index in [0.29, 0.717) is 5.56 Å². The lowest BCUT2D eigenvalue weighted by Crippen LogP contribution is -2.37. The van der Waals surface area contributed by atoms with Crippen molar-refractivity contribution in [1.82, 2.24) is 9.97 Å². The number of piperidine rings is 1. The largest absolute Gasteiger partial charge is 0.508 e. The number of anilines is 1. The first-order chi connectivity index (χ1) is 10.6. The molecular weight excluding hydrogens is 278 g/mol. The summed E-state index contributed by atoms with van der Waals surface area (Å²) in [4.78, 5) is 23.3. The van der Waals surface area contributed by atoms with E-state index in [9.17, 15) is 9.90 Å². The number of Topliss-reactive ketones (excluding diaryl/α,β-unsaturated/α-hetero) is 1. The maximum atomic E-state index is 12.5. The third kappa shape index (κ3) is 3.08. The van der Waals surface area contributed by atoms with E-state index in [1.54, 1.807) is 30.5 Å². The van der Waals surface area contributed by atoms with Gasteiger partial charge in [-0.25, -0.2) is 9.97 Å². The van der Waals surface area contributed by atoms with Crippen LogP contribution in [0, 0.1) is 12.8 Å². The Morgan fingerprint density at radius 2 is 1.86 bits per heavy atom. The number of carbonyl (C=O) groups excluding carboxylic acids is 1. The lowest BCUT2D eigenvalue weighted by molar-refractivity contribution is 0.0900. The van der Waals surface area contributed by atoms with Crippen LogP contribution in [0.15, 0.2) is 36.5 Å². The van der Waals surface area contributed by atoms with Crippen LogP contribution in [0.25, 0.3) is 0 Å². The molecule has 0 atom stereocenters. The number of carbonyl (C=O) groups is 1. The highest BCUT2D eigenvalue weighted by molar-refractivity contribution is 5.98. The number of phenolic OH excluding ortho intramolecular Hbond substituents is 1. The number of aryl methyl sites for hydroxylation is 1. The van der Waals surface area contributed by atoms with E-state index in [2.05, 4.69) is 14.9 Å². The van der Waals surface area contributed by atoms with Gasteiger partial charge in [0.1, 0.15) is 5.75 Å². The fourth-order valence-electron chi connectivity index (χ4n) is 2.79. The zero-order chi connectivity index (χ0) is 15.5. The average Bonchev–Trinajstić information content (AvgIpc) is 2.55. The monoisotopic (exact) mass is 297 g/mol. The maximum absolute atomic E-state index is 12.5. The highest BCUT2D eigenvalue weighted by Gasteiger charge is 2.26. The van der Waals surface area contributed by atoms with Crippen molar-refractivity contribution in [3.63, 3.8) is 0 Å². The summed E-state index contributed by atoms with van der Waals surface area (Å²) in [7, 11) is 0. The maximum Gasteiger partial charge on any atom is 0.225 e. The molecule has 1 aliphatic heterocycles. The SMILES string of the molecule is Cc1ccnc(N2CCC(C(=O)c3ccc(O)cc3)CC2)n1. The molecule has 2 aromatic rings. The average molecular weight is 297 g/mol. The van der Waals surface area contributed by atoms with Gasteiger partial charge in [-0.15, -0.1) is 0 Å². The van der Waals surface area contributed by atoms with Gasteiger partial charge in [-0.05, 0) is 50.1 Å². The molecule has 1 fully saturated rings. The second-order valence-electron chi connectivity index (χ2n) is 5.67. The molecule has 0 bridgehead atoms. The Hall–Kier alpha value is -2.43. The van der Waals surface area contributed by atoms with Gasteiger partial charge in [-0.3, -0.25) is 4.79 Å². The van der Waals surface area contributed by atoms with Gasteiger partial charge < -0.3 is 10.0 Å². The molecule has 114 valence electrons. The van der Waals surface area contributed by atoms with Crippen LogP contribution in [0.4, 0.5) is 5.95 Å². The number of aromatic hydroxyl groups is 1. The highest BCUT2D eigenvalue weighted by atomic mass is 16.3. The molecule has 1 aromatic heterocycles. The van der Waals surface area contributed by atoms with Gasteiger partial charge in [0.15, 0.2) is 5.78 Å². The van der Waals surface area contributed by atoms with Crippen molar-refractivity contribution in [3.8, 4) is 5.75 Å². The molecule has 0 amide bonds. The normalized spacial score (nSPS) is 15.8. The van der Waals surface area contributed by atoms with E-state index in [-0.39, 0.29) is 17.5 Å². The highest BCUT2D eigenvalue weighted by Crippen LogP contribution is 2.24. The summed E-state index contributed by atoms with van der Waals surface area (Å²) in [5.41, 5.74) is 1.62. The molecule has 0 unspecified atom stereocenters. The zero-order valence-electron chi connectivity index (χ0n) is 12.6. The molecule has 1 N–H and O–H groups in total. The topological polar surface area (TPSA) is 66.3 Å². The number of benzene rings is 1. The van der Waals surface area contributed by atoms with Crippen molar-refractivity contribution < 1.29 is 9.90 Å². The summed E-state index contributed by atoms with van der Waals surface area (Å²) in [6, 6.07) is 8.37. The Kier molecular flexibility index (Phi) is 4.04. The summed E-state index contributed by atoms with van der Waals surface area (Å²) in [5, 5.41) is 9.30. The fraction of sp³-hybridized carbons (Fsp3) is 0.353. The molecule has 0 saturated carbocycles. The van der Waals surface area contributed by atoms with Gasteiger partial charge >= 0.3 is 0 Å².